The van der Waals surface area contributed by atoms with Gasteiger partial charge in [-0.25, -0.2) is 4.79 Å². The summed E-state index contributed by atoms with van der Waals surface area (Å²) < 4.78 is 0. The molecule has 5 nitrogen and oxygen atoms in total. The predicted octanol–water partition coefficient (Wildman–Crippen LogP) is -0.272. The van der Waals surface area contributed by atoms with E-state index < -0.39 is 6.09 Å². The maximum atomic E-state index is 10.9. The standard InChI is InChI=1S/C9H15NO4/c11-3-5-6(4-12)8-2-1-7(5)10(8)9(13)14/h5-8,11-12H,1-4H2,(H,13,14). The van der Waals surface area contributed by atoms with Gasteiger partial charge in [0.25, 0.3) is 0 Å². The fraction of sp³-hybridized carbons (Fsp3) is 0.889. The first-order valence-corrected chi connectivity index (χ1v) is 4.93. The van der Waals surface area contributed by atoms with Gasteiger partial charge in [-0.2, -0.15) is 0 Å². The highest BCUT2D eigenvalue weighted by atomic mass is 16.4. The Hall–Kier alpha value is -0.810. The summed E-state index contributed by atoms with van der Waals surface area (Å²) in [6, 6.07) is -0.167. The van der Waals surface area contributed by atoms with E-state index in [4.69, 9.17) is 15.3 Å². The highest BCUT2D eigenvalue weighted by molar-refractivity contribution is 5.67. The first kappa shape index (κ1) is 9.73. The third-order valence-electron chi connectivity index (χ3n) is 3.65. The lowest BCUT2D eigenvalue weighted by atomic mass is 9.80. The number of rotatable bonds is 2. The Morgan fingerprint density at radius 1 is 1.14 bits per heavy atom. The van der Waals surface area contributed by atoms with Crippen LogP contribution in [0.3, 0.4) is 0 Å². The molecule has 0 radical (unpaired) electrons. The van der Waals surface area contributed by atoms with Gasteiger partial charge in [0.15, 0.2) is 0 Å². The Labute approximate surface area is 82.0 Å². The van der Waals surface area contributed by atoms with Crippen LogP contribution in [0.4, 0.5) is 4.79 Å². The van der Waals surface area contributed by atoms with Crippen LogP contribution in [0, 0.1) is 11.8 Å². The molecule has 3 N–H and O–H groups in total. The van der Waals surface area contributed by atoms with Crippen LogP contribution in [0.2, 0.25) is 0 Å². The van der Waals surface area contributed by atoms with Crippen molar-refractivity contribution in [2.45, 2.75) is 24.9 Å². The minimum Gasteiger partial charge on any atom is -0.465 e. The van der Waals surface area contributed by atoms with Crippen LogP contribution >= 0.6 is 0 Å². The molecule has 0 aromatic heterocycles. The van der Waals surface area contributed by atoms with E-state index in [1.54, 1.807) is 0 Å². The van der Waals surface area contributed by atoms with Gasteiger partial charge in [0.2, 0.25) is 0 Å². The first-order valence-electron chi connectivity index (χ1n) is 4.93. The van der Waals surface area contributed by atoms with E-state index >= 15 is 0 Å². The van der Waals surface area contributed by atoms with Crippen molar-refractivity contribution in [3.05, 3.63) is 0 Å². The van der Waals surface area contributed by atoms with Crippen LogP contribution in [0.1, 0.15) is 12.8 Å². The molecule has 4 atom stereocenters. The predicted molar refractivity (Wildman–Crippen MR) is 47.8 cm³/mol. The van der Waals surface area contributed by atoms with Gasteiger partial charge < -0.3 is 20.2 Å². The molecule has 1 amide bonds. The van der Waals surface area contributed by atoms with Crippen LogP contribution in [0.5, 0.6) is 0 Å². The van der Waals surface area contributed by atoms with Crippen LogP contribution in [0.25, 0.3) is 0 Å². The Bertz CT molecular complexity index is 227. The van der Waals surface area contributed by atoms with Crippen molar-refractivity contribution < 1.29 is 20.1 Å². The molecule has 0 aromatic carbocycles. The van der Waals surface area contributed by atoms with Gasteiger partial charge >= 0.3 is 6.09 Å². The Morgan fingerprint density at radius 2 is 1.57 bits per heavy atom. The van der Waals surface area contributed by atoms with Gasteiger partial charge in [0, 0.05) is 37.1 Å². The molecule has 14 heavy (non-hydrogen) atoms. The monoisotopic (exact) mass is 201 g/mol. The molecule has 2 saturated heterocycles. The second kappa shape index (κ2) is 3.40. The van der Waals surface area contributed by atoms with E-state index in [0.29, 0.717) is 0 Å². The van der Waals surface area contributed by atoms with E-state index in [2.05, 4.69) is 0 Å². The van der Waals surface area contributed by atoms with E-state index in [1.807, 2.05) is 0 Å². The normalized spacial score (nSPS) is 40.6. The lowest BCUT2D eigenvalue weighted by molar-refractivity contribution is 0.109. The number of aliphatic hydroxyl groups is 2. The molecule has 2 bridgehead atoms. The molecule has 2 aliphatic heterocycles. The fourth-order valence-corrected chi connectivity index (χ4v) is 3.07. The molecule has 4 unspecified atom stereocenters. The summed E-state index contributed by atoms with van der Waals surface area (Å²) in [4.78, 5) is 12.4. The molecule has 2 aliphatic rings. The summed E-state index contributed by atoms with van der Waals surface area (Å²) in [7, 11) is 0. The Morgan fingerprint density at radius 3 is 1.86 bits per heavy atom. The van der Waals surface area contributed by atoms with Crippen molar-refractivity contribution in [1.82, 2.24) is 4.90 Å². The number of carbonyl (C=O) groups is 1. The number of amides is 1. The number of hydrogen-bond acceptors (Lipinski definition) is 3. The van der Waals surface area contributed by atoms with Crippen molar-refractivity contribution in [3.63, 3.8) is 0 Å². The van der Waals surface area contributed by atoms with E-state index in [9.17, 15) is 4.79 Å². The second-order valence-corrected chi connectivity index (χ2v) is 4.09. The van der Waals surface area contributed by atoms with Crippen LogP contribution in [0.15, 0.2) is 0 Å². The van der Waals surface area contributed by atoms with Crippen molar-refractivity contribution in [2.24, 2.45) is 11.8 Å². The Balaban J connectivity index is 2.22. The average molecular weight is 201 g/mol. The van der Waals surface area contributed by atoms with Crippen LogP contribution in [-0.4, -0.2) is 51.6 Å². The van der Waals surface area contributed by atoms with Gasteiger partial charge in [-0.15, -0.1) is 0 Å². The molecule has 2 heterocycles. The maximum Gasteiger partial charge on any atom is 0.407 e. The van der Waals surface area contributed by atoms with Crippen molar-refractivity contribution >= 4 is 6.09 Å². The Kier molecular flexibility index (Phi) is 2.36. The minimum atomic E-state index is -0.924. The summed E-state index contributed by atoms with van der Waals surface area (Å²) in [5, 5.41) is 27.3. The fourth-order valence-electron chi connectivity index (χ4n) is 3.07. The van der Waals surface area contributed by atoms with Crippen LogP contribution < -0.4 is 0 Å². The third-order valence-corrected chi connectivity index (χ3v) is 3.65. The smallest absolute Gasteiger partial charge is 0.407 e. The first-order chi connectivity index (χ1) is 6.70. The zero-order valence-corrected chi connectivity index (χ0v) is 7.83. The van der Waals surface area contributed by atoms with Gasteiger partial charge in [-0.3, -0.25) is 0 Å². The molecule has 2 rings (SSSR count). The van der Waals surface area contributed by atoms with Crippen molar-refractivity contribution in [2.75, 3.05) is 13.2 Å². The summed E-state index contributed by atoms with van der Waals surface area (Å²) in [5.41, 5.74) is 0. The second-order valence-electron chi connectivity index (χ2n) is 4.09. The quantitative estimate of drug-likeness (QED) is 0.574. The zero-order valence-electron chi connectivity index (χ0n) is 7.83. The molecule has 80 valence electrons. The number of aliphatic hydroxyl groups excluding tert-OH is 2. The molecule has 0 saturated carbocycles. The number of carboxylic acid groups (broad SMARTS) is 1. The highest BCUT2D eigenvalue weighted by Crippen LogP contribution is 2.45. The molecule has 2 fully saturated rings. The molecule has 5 heteroatoms. The van der Waals surface area contributed by atoms with Crippen LogP contribution in [-0.2, 0) is 0 Å². The van der Waals surface area contributed by atoms with E-state index in [0.717, 1.165) is 12.8 Å². The lowest BCUT2D eigenvalue weighted by Crippen LogP contribution is -2.35. The number of hydrogen-bond donors (Lipinski definition) is 3. The summed E-state index contributed by atoms with van der Waals surface area (Å²) >= 11 is 0. The van der Waals surface area contributed by atoms with E-state index in [1.165, 1.54) is 4.90 Å². The minimum absolute atomic E-state index is 0.0316. The number of nitrogens with zero attached hydrogens (tertiary/aromatic N) is 1. The molecule has 0 aromatic rings. The van der Waals surface area contributed by atoms with Crippen molar-refractivity contribution in [3.8, 4) is 0 Å². The zero-order chi connectivity index (χ0) is 10.3. The lowest BCUT2D eigenvalue weighted by Gasteiger charge is -2.24. The van der Waals surface area contributed by atoms with Gasteiger partial charge in [-0.05, 0) is 12.8 Å². The highest BCUT2D eigenvalue weighted by Gasteiger charge is 2.54. The molecular formula is C9H15NO4. The number of fused-ring (bicyclic) bond motifs is 2. The van der Waals surface area contributed by atoms with Crippen molar-refractivity contribution in [1.29, 1.82) is 0 Å². The molecule has 0 spiro atoms. The van der Waals surface area contributed by atoms with Gasteiger partial charge in [-0.1, -0.05) is 0 Å². The largest absolute Gasteiger partial charge is 0.465 e. The third kappa shape index (κ3) is 1.12. The molecule has 0 aliphatic carbocycles. The maximum absolute atomic E-state index is 10.9. The summed E-state index contributed by atoms with van der Waals surface area (Å²) in [6.07, 6.45) is 0.712. The van der Waals surface area contributed by atoms with E-state index in [-0.39, 0.29) is 37.1 Å². The summed E-state index contributed by atoms with van der Waals surface area (Å²) in [6.45, 7) is -0.0631. The topological polar surface area (TPSA) is 81.0 Å². The average Bonchev–Trinajstić information content (AvgIpc) is 2.70. The summed E-state index contributed by atoms with van der Waals surface area (Å²) in [5.74, 6) is -0.148. The molecular weight excluding hydrogens is 186 g/mol. The van der Waals surface area contributed by atoms with Gasteiger partial charge in [0.1, 0.15) is 0 Å². The van der Waals surface area contributed by atoms with Gasteiger partial charge in [0.05, 0.1) is 0 Å². The SMILES string of the molecule is O=C(O)N1C2CCC1C(CO)C2CO.